The quantitative estimate of drug-likeness (QED) is 0.590. The summed E-state index contributed by atoms with van der Waals surface area (Å²) in [5, 5.41) is 8.41. The Bertz CT molecular complexity index is 1020. The zero-order valence-corrected chi connectivity index (χ0v) is 13.8. The van der Waals surface area contributed by atoms with Gasteiger partial charge in [0, 0.05) is 24.9 Å². The lowest BCUT2D eigenvalue weighted by atomic mass is 10.2. The van der Waals surface area contributed by atoms with Gasteiger partial charge in [0.25, 0.3) is 0 Å². The lowest BCUT2D eigenvalue weighted by Gasteiger charge is -2.07. The number of aromatic nitrogens is 4. The molecule has 0 atom stereocenters. The van der Waals surface area contributed by atoms with E-state index < -0.39 is 0 Å². The second kappa shape index (κ2) is 6.76. The van der Waals surface area contributed by atoms with Crippen molar-refractivity contribution in [3.8, 4) is 0 Å². The molecular weight excluding hydrogens is 314 g/mol. The molecule has 0 unspecified atom stereocenters. The van der Waals surface area contributed by atoms with E-state index in [1.54, 1.807) is 0 Å². The van der Waals surface area contributed by atoms with Gasteiger partial charge in [0.05, 0.1) is 35.6 Å². The summed E-state index contributed by atoms with van der Waals surface area (Å²) in [6, 6.07) is 16.0. The second-order valence-electron chi connectivity index (χ2n) is 5.95. The van der Waals surface area contributed by atoms with Crippen molar-refractivity contribution < 1.29 is 4.79 Å². The summed E-state index contributed by atoms with van der Waals surface area (Å²) in [5.74, 6) is 0.0315. The predicted molar refractivity (Wildman–Crippen MR) is 97.1 cm³/mol. The lowest BCUT2D eigenvalue weighted by molar-refractivity contribution is -0.121. The number of fused-ring (bicyclic) bond motifs is 2. The molecule has 1 amide bonds. The largest absolute Gasteiger partial charge is 0.354 e. The van der Waals surface area contributed by atoms with E-state index in [0.29, 0.717) is 26.1 Å². The maximum absolute atomic E-state index is 12.1. The molecule has 25 heavy (non-hydrogen) atoms. The van der Waals surface area contributed by atoms with Gasteiger partial charge in [0.15, 0.2) is 0 Å². The highest BCUT2D eigenvalue weighted by Crippen LogP contribution is 2.13. The fraction of sp³-hybridized carbons (Fsp3) is 0.211. The zero-order chi connectivity index (χ0) is 17.1. The Morgan fingerprint density at radius 1 is 1.00 bits per heavy atom. The van der Waals surface area contributed by atoms with Crippen LogP contribution in [0.25, 0.3) is 21.9 Å². The number of nitrogens with zero attached hydrogens (tertiary/aromatic N) is 4. The van der Waals surface area contributed by atoms with Crippen LogP contribution in [-0.4, -0.2) is 31.8 Å². The number of nitrogens with one attached hydrogen (secondary N) is 1. The van der Waals surface area contributed by atoms with Crippen molar-refractivity contribution in [1.29, 1.82) is 0 Å². The van der Waals surface area contributed by atoms with Crippen molar-refractivity contribution in [3.05, 3.63) is 61.1 Å². The molecule has 2 aromatic heterocycles. The number of para-hydroxylation sites is 3. The highest BCUT2D eigenvalue weighted by Gasteiger charge is 2.06. The van der Waals surface area contributed by atoms with Gasteiger partial charge in [0.1, 0.15) is 0 Å². The van der Waals surface area contributed by atoms with Crippen molar-refractivity contribution in [2.75, 3.05) is 6.54 Å². The number of carbonyl (C=O) groups excluding carboxylic acids is 1. The minimum Gasteiger partial charge on any atom is -0.354 e. The van der Waals surface area contributed by atoms with Crippen LogP contribution in [0, 0.1) is 0 Å². The Morgan fingerprint density at radius 2 is 1.80 bits per heavy atom. The minimum atomic E-state index is 0.0315. The van der Waals surface area contributed by atoms with Crippen LogP contribution in [0.3, 0.4) is 0 Å². The molecule has 0 bridgehead atoms. The summed E-state index contributed by atoms with van der Waals surface area (Å²) in [5.41, 5.74) is 3.11. The van der Waals surface area contributed by atoms with Gasteiger partial charge in [-0.1, -0.05) is 30.3 Å². The van der Waals surface area contributed by atoms with Gasteiger partial charge in [-0.15, -0.1) is 0 Å². The molecule has 4 rings (SSSR count). The first-order valence-corrected chi connectivity index (χ1v) is 8.38. The smallest absolute Gasteiger partial charge is 0.221 e. The third-order valence-electron chi connectivity index (χ3n) is 4.30. The highest BCUT2D eigenvalue weighted by atomic mass is 16.1. The minimum absolute atomic E-state index is 0.0315. The van der Waals surface area contributed by atoms with Crippen LogP contribution >= 0.6 is 0 Å². The molecule has 0 saturated heterocycles. The molecule has 0 aliphatic carbocycles. The number of amides is 1. The highest BCUT2D eigenvalue weighted by molar-refractivity contribution is 5.79. The van der Waals surface area contributed by atoms with Gasteiger partial charge < -0.3 is 9.88 Å². The molecule has 0 aliphatic rings. The molecule has 0 aliphatic heterocycles. The van der Waals surface area contributed by atoms with Gasteiger partial charge in [-0.3, -0.25) is 9.48 Å². The van der Waals surface area contributed by atoms with Crippen molar-refractivity contribution in [2.24, 2.45) is 0 Å². The van der Waals surface area contributed by atoms with Crippen LogP contribution in [0.1, 0.15) is 6.42 Å². The summed E-state index contributed by atoms with van der Waals surface area (Å²) in [6.45, 7) is 1.86. The van der Waals surface area contributed by atoms with Crippen LogP contribution in [0.2, 0.25) is 0 Å². The molecule has 2 aromatic carbocycles. The molecule has 0 spiro atoms. The maximum atomic E-state index is 12.1. The van der Waals surface area contributed by atoms with Gasteiger partial charge >= 0.3 is 0 Å². The van der Waals surface area contributed by atoms with Crippen molar-refractivity contribution >= 4 is 27.8 Å². The molecule has 6 nitrogen and oxygen atoms in total. The molecule has 0 fully saturated rings. The Hall–Kier alpha value is -3.15. The second-order valence-corrected chi connectivity index (χ2v) is 5.95. The third-order valence-corrected chi connectivity index (χ3v) is 4.30. The van der Waals surface area contributed by atoms with Crippen molar-refractivity contribution in [3.63, 3.8) is 0 Å². The zero-order valence-electron chi connectivity index (χ0n) is 13.8. The first kappa shape index (κ1) is 15.4. The third kappa shape index (κ3) is 3.24. The Morgan fingerprint density at radius 3 is 2.72 bits per heavy atom. The van der Waals surface area contributed by atoms with E-state index in [0.717, 1.165) is 21.9 Å². The maximum Gasteiger partial charge on any atom is 0.221 e. The lowest BCUT2D eigenvalue weighted by Crippen LogP contribution is -2.28. The van der Waals surface area contributed by atoms with E-state index >= 15 is 0 Å². The summed E-state index contributed by atoms with van der Waals surface area (Å²) in [6.07, 6.45) is 4.06. The molecular formula is C19H19N5O. The van der Waals surface area contributed by atoms with Crippen LogP contribution in [0.5, 0.6) is 0 Å². The summed E-state index contributed by atoms with van der Waals surface area (Å²) in [7, 11) is 0. The number of rotatable bonds is 6. The average Bonchev–Trinajstić information content (AvgIpc) is 3.24. The van der Waals surface area contributed by atoms with Gasteiger partial charge in [-0.05, 0) is 18.2 Å². The Labute approximate surface area is 145 Å². The van der Waals surface area contributed by atoms with Crippen LogP contribution in [-0.2, 0) is 17.9 Å². The predicted octanol–water partition coefficient (Wildman–Crippen LogP) is 2.59. The normalized spacial score (nSPS) is 11.2. The Kier molecular flexibility index (Phi) is 4.16. The summed E-state index contributed by atoms with van der Waals surface area (Å²) >= 11 is 0. The average molecular weight is 333 g/mol. The van der Waals surface area contributed by atoms with E-state index in [2.05, 4.69) is 20.0 Å². The van der Waals surface area contributed by atoms with E-state index in [1.165, 1.54) is 0 Å². The fourth-order valence-corrected chi connectivity index (χ4v) is 3.00. The molecule has 0 saturated carbocycles. The number of benzene rings is 2. The first-order valence-electron chi connectivity index (χ1n) is 8.38. The van der Waals surface area contributed by atoms with Crippen LogP contribution < -0.4 is 5.32 Å². The summed E-state index contributed by atoms with van der Waals surface area (Å²) in [4.78, 5) is 16.4. The topological polar surface area (TPSA) is 64.7 Å². The van der Waals surface area contributed by atoms with Crippen LogP contribution in [0.15, 0.2) is 61.1 Å². The van der Waals surface area contributed by atoms with E-state index in [4.69, 9.17) is 0 Å². The Balaban J connectivity index is 1.29. The first-order chi connectivity index (χ1) is 12.3. The monoisotopic (exact) mass is 333 g/mol. The molecule has 2 heterocycles. The number of hydrogen-bond donors (Lipinski definition) is 1. The summed E-state index contributed by atoms with van der Waals surface area (Å²) < 4.78 is 3.93. The van der Waals surface area contributed by atoms with Gasteiger partial charge in [0.2, 0.25) is 5.91 Å². The SMILES string of the molecule is O=C(CCn1ncc2ccccc21)NCCn1cnc2ccccc21. The van der Waals surface area contributed by atoms with E-state index in [9.17, 15) is 4.79 Å². The number of aryl methyl sites for hydroxylation is 1. The van der Waals surface area contributed by atoms with Crippen molar-refractivity contribution in [2.45, 2.75) is 19.5 Å². The van der Waals surface area contributed by atoms with Crippen LogP contribution in [0.4, 0.5) is 0 Å². The van der Waals surface area contributed by atoms with E-state index in [1.807, 2.05) is 65.7 Å². The number of carbonyl (C=O) groups is 1. The standard InChI is InChI=1S/C19H19N5O/c25-19(9-11-24-17-7-3-1-5-15(17)13-22-24)20-10-12-23-14-21-16-6-2-4-8-18(16)23/h1-8,13-14H,9-12H2,(H,20,25). The van der Waals surface area contributed by atoms with Gasteiger partial charge in [-0.2, -0.15) is 5.10 Å². The molecule has 126 valence electrons. The molecule has 4 aromatic rings. The number of imidazole rings is 1. The van der Waals surface area contributed by atoms with E-state index in [-0.39, 0.29) is 5.91 Å². The van der Waals surface area contributed by atoms with Crippen molar-refractivity contribution in [1.82, 2.24) is 24.6 Å². The molecule has 6 heteroatoms. The fourth-order valence-electron chi connectivity index (χ4n) is 3.00. The molecule has 0 radical (unpaired) electrons. The number of hydrogen-bond acceptors (Lipinski definition) is 3. The van der Waals surface area contributed by atoms with Gasteiger partial charge in [-0.25, -0.2) is 4.98 Å². The molecule has 1 N–H and O–H groups in total.